The molecule has 0 aromatic heterocycles. The summed E-state index contributed by atoms with van der Waals surface area (Å²) < 4.78 is 6.42. The maximum Gasteiger partial charge on any atom is 0.311 e. The van der Waals surface area contributed by atoms with Gasteiger partial charge in [0.2, 0.25) is 5.91 Å². The first-order valence-corrected chi connectivity index (χ1v) is 14.8. The fourth-order valence-electron chi connectivity index (χ4n) is 6.18. The number of ether oxygens (including phenoxy) is 1. The van der Waals surface area contributed by atoms with Crippen molar-refractivity contribution in [1.82, 2.24) is 4.90 Å². The Kier molecular flexibility index (Phi) is 9.01. The number of hydrogen-bond donors (Lipinski definition) is 2. The average Bonchev–Trinajstić information content (AvgIpc) is 2.94. The molecule has 1 fully saturated rings. The van der Waals surface area contributed by atoms with Gasteiger partial charge in [0, 0.05) is 38.1 Å². The summed E-state index contributed by atoms with van der Waals surface area (Å²) in [5.41, 5.74) is 3.73. The summed E-state index contributed by atoms with van der Waals surface area (Å²) in [4.78, 5) is 29.3. The zero-order valence-electron chi connectivity index (χ0n) is 23.1. The Morgan fingerprint density at radius 1 is 1.07 bits per heavy atom. The van der Waals surface area contributed by atoms with Gasteiger partial charge in [0.25, 0.3) is 0 Å². The molecule has 4 atom stereocenters. The molecule has 2 aliphatic heterocycles. The van der Waals surface area contributed by atoms with E-state index in [-0.39, 0.29) is 18.2 Å². The molecule has 5 rings (SSSR count). The average molecular weight is 567 g/mol. The fraction of sp³-hybridized carbons (Fsp3) is 0.500. The van der Waals surface area contributed by atoms with E-state index in [1.165, 1.54) is 5.56 Å². The lowest BCUT2D eigenvalue weighted by molar-refractivity contribution is -0.142. The van der Waals surface area contributed by atoms with Gasteiger partial charge in [-0.1, -0.05) is 35.9 Å². The summed E-state index contributed by atoms with van der Waals surface area (Å²) in [6, 6.07) is 11.5. The highest BCUT2D eigenvalue weighted by Gasteiger charge is 2.37. The second-order valence-corrected chi connectivity index (χ2v) is 11.9. The van der Waals surface area contributed by atoms with Gasteiger partial charge in [0.15, 0.2) is 0 Å². The smallest absolute Gasteiger partial charge is 0.311 e. The van der Waals surface area contributed by atoms with Crippen LogP contribution in [-0.2, 0) is 22.6 Å². The van der Waals surface area contributed by atoms with Crippen LogP contribution in [0.3, 0.4) is 0 Å². The van der Waals surface area contributed by atoms with E-state index in [1.807, 2.05) is 42.5 Å². The van der Waals surface area contributed by atoms with E-state index in [2.05, 4.69) is 4.90 Å². The van der Waals surface area contributed by atoms with Crippen LogP contribution in [0.15, 0.2) is 48.6 Å². The highest BCUT2D eigenvalue weighted by Crippen LogP contribution is 2.41. The molecule has 2 aromatic carbocycles. The van der Waals surface area contributed by atoms with E-state index in [0.29, 0.717) is 41.8 Å². The Morgan fingerprint density at radius 2 is 1.93 bits per heavy atom. The fourth-order valence-corrected chi connectivity index (χ4v) is 6.37. The van der Waals surface area contributed by atoms with Crippen LogP contribution in [-0.4, -0.2) is 59.8 Å². The Bertz CT molecular complexity index is 1260. The summed E-state index contributed by atoms with van der Waals surface area (Å²) in [6.07, 6.45) is 8.64. The van der Waals surface area contributed by atoms with Gasteiger partial charge in [-0.2, -0.15) is 0 Å². The molecule has 40 heavy (non-hydrogen) atoms. The Balaban J connectivity index is 1.55. The molecule has 0 saturated heterocycles. The molecule has 2 aromatic rings. The summed E-state index contributed by atoms with van der Waals surface area (Å²) in [5, 5.41) is 21.8. The van der Waals surface area contributed by atoms with Crippen molar-refractivity contribution in [3.05, 3.63) is 70.3 Å². The van der Waals surface area contributed by atoms with Gasteiger partial charge in [0.1, 0.15) is 12.4 Å². The first-order valence-electron chi connectivity index (χ1n) is 14.4. The highest BCUT2D eigenvalue weighted by atomic mass is 35.5. The molecular formula is C32H39ClN2O5. The predicted molar refractivity (Wildman–Crippen MR) is 156 cm³/mol. The quantitative estimate of drug-likeness (QED) is 0.448. The van der Waals surface area contributed by atoms with E-state index >= 15 is 0 Å². The van der Waals surface area contributed by atoms with Crippen LogP contribution < -0.4 is 9.64 Å². The van der Waals surface area contributed by atoms with Crippen molar-refractivity contribution < 1.29 is 24.5 Å². The van der Waals surface area contributed by atoms with Gasteiger partial charge in [0.05, 0.1) is 17.7 Å². The lowest BCUT2D eigenvalue weighted by Crippen LogP contribution is -2.43. The van der Waals surface area contributed by atoms with Gasteiger partial charge < -0.3 is 24.7 Å². The second-order valence-electron chi connectivity index (χ2n) is 11.5. The first kappa shape index (κ1) is 28.5. The van der Waals surface area contributed by atoms with Crippen molar-refractivity contribution in [3.8, 4) is 5.75 Å². The van der Waals surface area contributed by atoms with Gasteiger partial charge >= 0.3 is 5.97 Å². The molecule has 8 heteroatoms. The lowest BCUT2D eigenvalue weighted by atomic mass is 9.70. The van der Waals surface area contributed by atoms with Crippen LogP contribution in [0.2, 0.25) is 5.02 Å². The van der Waals surface area contributed by atoms with Gasteiger partial charge in [-0.25, -0.2) is 0 Å². The minimum atomic E-state index is -1.01. The summed E-state index contributed by atoms with van der Waals surface area (Å²) in [6.45, 7) is 2.40. The molecule has 0 radical (unpaired) electrons. The van der Waals surface area contributed by atoms with Crippen molar-refractivity contribution in [2.45, 2.75) is 63.6 Å². The van der Waals surface area contributed by atoms with E-state index < -0.39 is 18.0 Å². The lowest BCUT2D eigenvalue weighted by Gasteiger charge is -2.42. The van der Waals surface area contributed by atoms with Crippen molar-refractivity contribution in [3.63, 3.8) is 0 Å². The number of nitrogens with zero attached hydrogens (tertiary/aromatic N) is 2. The van der Waals surface area contributed by atoms with Crippen LogP contribution in [0.4, 0.5) is 5.69 Å². The summed E-state index contributed by atoms with van der Waals surface area (Å²) in [7, 11) is 1.70. The topological polar surface area (TPSA) is 90.3 Å². The molecular weight excluding hydrogens is 528 g/mol. The predicted octanol–water partition coefficient (Wildman–Crippen LogP) is 5.43. The Hall–Kier alpha value is -3.03. The normalized spacial score (nSPS) is 26.8. The molecule has 1 amide bonds. The Labute approximate surface area is 241 Å². The SMILES string of the molecule is CN1CC/C=C/[C@H](O)[C@@H]2CC[C@H]2CN2CCCCc3cc(Cl)ccc3COc3ccc(cc32)C(C(=O)O)CC1=O. The molecule has 2 heterocycles. The standard InChI is InChI=1S/C32H39ClN2O5/c1-34-14-4-3-7-29(36)26-12-9-23(26)19-35-15-5-2-6-21-16-25(33)11-8-24(21)20-40-30-13-10-22(17-28(30)35)27(32(38)39)18-31(34)37/h3,7-8,10-11,13,16-17,23,26-27,29,36H,2,4-6,9,12,14-15,18-20H2,1H3,(H,38,39)/b7-3+/t23-,26+,27?,29-/m0/s1. The number of hydrogen-bond acceptors (Lipinski definition) is 5. The van der Waals surface area contributed by atoms with Gasteiger partial charge in [-0.05, 0) is 91.3 Å². The summed E-state index contributed by atoms with van der Waals surface area (Å²) in [5.74, 6) is -0.995. The number of carboxylic acid groups (broad SMARTS) is 1. The summed E-state index contributed by atoms with van der Waals surface area (Å²) >= 11 is 6.30. The van der Waals surface area contributed by atoms with E-state index in [1.54, 1.807) is 18.0 Å². The number of anilines is 1. The third-order valence-electron chi connectivity index (χ3n) is 8.84. The third kappa shape index (κ3) is 6.47. The van der Waals surface area contributed by atoms with Crippen LogP contribution in [0.1, 0.15) is 61.1 Å². The highest BCUT2D eigenvalue weighted by molar-refractivity contribution is 6.30. The number of benzene rings is 2. The molecule has 2 bridgehead atoms. The third-order valence-corrected chi connectivity index (χ3v) is 9.07. The number of rotatable bonds is 1. The minimum Gasteiger partial charge on any atom is -0.487 e. The number of carbonyl (C=O) groups is 2. The number of aliphatic hydroxyl groups excluding tert-OH is 1. The van der Waals surface area contributed by atoms with E-state index in [4.69, 9.17) is 16.3 Å². The number of aliphatic carboxylic acids is 1. The number of aliphatic hydroxyl groups is 1. The van der Waals surface area contributed by atoms with E-state index in [9.17, 15) is 19.8 Å². The zero-order valence-corrected chi connectivity index (χ0v) is 23.9. The molecule has 2 N–H and O–H groups in total. The number of fused-ring (bicyclic) bond motifs is 3. The van der Waals surface area contributed by atoms with Crippen LogP contribution >= 0.6 is 11.6 Å². The monoisotopic (exact) mass is 566 g/mol. The Morgan fingerprint density at radius 3 is 2.70 bits per heavy atom. The van der Waals surface area contributed by atoms with Crippen molar-refractivity contribution in [2.24, 2.45) is 11.8 Å². The maximum absolute atomic E-state index is 13.0. The van der Waals surface area contributed by atoms with Crippen molar-refractivity contribution in [2.75, 3.05) is 31.6 Å². The van der Waals surface area contributed by atoms with Gasteiger partial charge in [-0.3, -0.25) is 9.59 Å². The number of carbonyl (C=O) groups excluding carboxylic acids is 1. The van der Waals surface area contributed by atoms with Crippen LogP contribution in [0.5, 0.6) is 5.75 Å². The number of amides is 1. The van der Waals surface area contributed by atoms with E-state index in [0.717, 1.165) is 56.4 Å². The molecule has 214 valence electrons. The van der Waals surface area contributed by atoms with Crippen molar-refractivity contribution >= 4 is 29.2 Å². The van der Waals surface area contributed by atoms with Crippen LogP contribution in [0, 0.1) is 11.8 Å². The molecule has 0 spiro atoms. The number of halogens is 1. The molecule has 1 unspecified atom stereocenters. The zero-order chi connectivity index (χ0) is 28.2. The number of carboxylic acids is 1. The molecule has 1 aliphatic carbocycles. The van der Waals surface area contributed by atoms with Gasteiger partial charge in [-0.15, -0.1) is 0 Å². The maximum atomic E-state index is 13.0. The largest absolute Gasteiger partial charge is 0.487 e. The minimum absolute atomic E-state index is 0.114. The van der Waals surface area contributed by atoms with Crippen LogP contribution in [0.25, 0.3) is 0 Å². The molecule has 7 nitrogen and oxygen atoms in total. The molecule has 3 aliphatic rings. The second kappa shape index (κ2) is 12.6. The van der Waals surface area contributed by atoms with Crippen molar-refractivity contribution in [1.29, 1.82) is 0 Å². The first-order chi connectivity index (χ1) is 19.3. The molecule has 1 saturated carbocycles. The number of aryl methyl sites for hydroxylation is 1.